The van der Waals surface area contributed by atoms with Crippen LogP contribution in [0.2, 0.25) is 0 Å². The molecule has 3 aromatic rings. The minimum atomic E-state index is -0.919. The Morgan fingerprint density at radius 2 is 1.04 bits per heavy atom. The summed E-state index contributed by atoms with van der Waals surface area (Å²) in [6, 6.07) is 16.0. The third-order valence-corrected chi connectivity index (χ3v) is 6.27. The summed E-state index contributed by atoms with van der Waals surface area (Å²) in [6.45, 7) is 6.01. The summed E-state index contributed by atoms with van der Waals surface area (Å²) >= 11 is 0. The number of methoxy groups -OCH3 is 1. The van der Waals surface area contributed by atoms with Crippen LogP contribution in [-0.4, -0.2) is 63.8 Å². The maximum atomic E-state index is 12.7. The number of carbonyl (C=O) groups is 5. The van der Waals surface area contributed by atoms with E-state index in [0.717, 1.165) is 12.5 Å². The average molecular weight is 665 g/mol. The van der Waals surface area contributed by atoms with E-state index in [1.165, 1.54) is 66.7 Å². The first-order chi connectivity index (χ1) is 23.2. The van der Waals surface area contributed by atoms with Crippen LogP contribution in [0.25, 0.3) is 0 Å². The number of unbranched alkanes of at least 4 members (excludes halogenated alkanes) is 2. The molecule has 0 aromatic heterocycles. The van der Waals surface area contributed by atoms with Gasteiger partial charge in [-0.05, 0) is 105 Å². The van der Waals surface area contributed by atoms with Crippen molar-refractivity contribution < 1.29 is 61.9 Å². The van der Waals surface area contributed by atoms with Crippen molar-refractivity contribution in [3.05, 3.63) is 96.1 Å². The number of benzene rings is 3. The van der Waals surface area contributed by atoms with Gasteiger partial charge in [0.25, 0.3) is 0 Å². The standard InChI is InChI=1S/C35H36O13/c1-4-31(36)42-20-7-8-22-44-35(40)46-27-13-9-25(10-14-27)32(37)45-29-17-18-30(24(2)23-29)48-33(38)26-11-15-28(16-12-26)47-34(39)43-21-6-5-19-41-3/h4,9-18,23H,1,5-8,19-22H2,2-3H3. The van der Waals surface area contributed by atoms with Crippen LogP contribution in [0.5, 0.6) is 23.0 Å². The van der Waals surface area contributed by atoms with Crippen molar-refractivity contribution in [1.29, 1.82) is 0 Å². The molecule has 0 spiro atoms. The topological polar surface area (TPSA) is 159 Å². The quantitative estimate of drug-likeness (QED) is 0.0390. The second-order valence-corrected chi connectivity index (χ2v) is 9.93. The van der Waals surface area contributed by atoms with Crippen molar-refractivity contribution in [3.8, 4) is 23.0 Å². The van der Waals surface area contributed by atoms with E-state index in [2.05, 4.69) is 6.58 Å². The Bertz CT molecular complexity index is 1550. The number of carbonyl (C=O) groups excluding carboxylic acids is 5. The summed E-state index contributed by atoms with van der Waals surface area (Å²) in [7, 11) is 1.60. The maximum Gasteiger partial charge on any atom is 0.513 e. The molecule has 13 nitrogen and oxygen atoms in total. The lowest BCUT2D eigenvalue weighted by molar-refractivity contribution is -0.137. The molecule has 13 heteroatoms. The van der Waals surface area contributed by atoms with E-state index in [9.17, 15) is 24.0 Å². The van der Waals surface area contributed by atoms with E-state index in [-0.39, 0.29) is 53.9 Å². The summed E-state index contributed by atoms with van der Waals surface area (Å²) in [4.78, 5) is 60.0. The minimum Gasteiger partial charge on any atom is -0.463 e. The lowest BCUT2D eigenvalue weighted by Crippen LogP contribution is -2.13. The van der Waals surface area contributed by atoms with Crippen LogP contribution in [0.15, 0.2) is 79.4 Å². The van der Waals surface area contributed by atoms with Crippen LogP contribution in [0, 0.1) is 6.92 Å². The van der Waals surface area contributed by atoms with Gasteiger partial charge in [-0.25, -0.2) is 24.0 Å². The van der Waals surface area contributed by atoms with Crippen LogP contribution in [0.4, 0.5) is 9.59 Å². The van der Waals surface area contributed by atoms with Gasteiger partial charge in [-0.2, -0.15) is 0 Å². The Morgan fingerprint density at radius 1 is 0.583 bits per heavy atom. The van der Waals surface area contributed by atoms with Gasteiger partial charge in [0.05, 0.1) is 30.9 Å². The first-order valence-corrected chi connectivity index (χ1v) is 14.9. The SMILES string of the molecule is C=CC(=O)OCCCCOC(=O)Oc1ccc(C(=O)Oc2ccc(OC(=O)c3ccc(OC(=O)OCCCCOC)cc3)c(C)c2)cc1. The molecule has 0 saturated heterocycles. The second kappa shape index (κ2) is 19.7. The summed E-state index contributed by atoms with van der Waals surface area (Å²) in [5.41, 5.74) is 0.942. The molecule has 0 aliphatic rings. The highest BCUT2D eigenvalue weighted by atomic mass is 16.7. The number of ether oxygens (including phenoxy) is 8. The molecule has 0 N–H and O–H groups in total. The lowest BCUT2D eigenvalue weighted by Gasteiger charge is -2.11. The number of hydrogen-bond acceptors (Lipinski definition) is 13. The van der Waals surface area contributed by atoms with Crippen LogP contribution in [0.3, 0.4) is 0 Å². The fraction of sp³-hybridized carbons (Fsp3) is 0.286. The molecule has 0 unspecified atom stereocenters. The number of hydrogen-bond donors (Lipinski definition) is 0. The van der Waals surface area contributed by atoms with Crippen molar-refractivity contribution in [2.24, 2.45) is 0 Å². The van der Waals surface area contributed by atoms with E-state index in [1.54, 1.807) is 14.0 Å². The van der Waals surface area contributed by atoms with Gasteiger partial charge < -0.3 is 37.9 Å². The normalized spacial score (nSPS) is 10.3. The van der Waals surface area contributed by atoms with Gasteiger partial charge in [-0.1, -0.05) is 6.58 Å². The van der Waals surface area contributed by atoms with Crippen molar-refractivity contribution in [3.63, 3.8) is 0 Å². The summed E-state index contributed by atoms with van der Waals surface area (Å²) < 4.78 is 40.8. The van der Waals surface area contributed by atoms with Crippen LogP contribution >= 0.6 is 0 Å². The first kappa shape index (κ1) is 36.8. The monoisotopic (exact) mass is 664 g/mol. The summed E-state index contributed by atoms with van der Waals surface area (Å²) in [6.07, 6.45) is 1.66. The van der Waals surface area contributed by atoms with E-state index in [4.69, 9.17) is 37.9 Å². The molecule has 0 saturated carbocycles. The Hall–Kier alpha value is -5.69. The van der Waals surface area contributed by atoms with E-state index < -0.39 is 30.2 Å². The molecule has 0 aliphatic heterocycles. The van der Waals surface area contributed by atoms with Crippen molar-refractivity contribution in [2.75, 3.05) is 33.5 Å². The van der Waals surface area contributed by atoms with Crippen molar-refractivity contribution in [1.82, 2.24) is 0 Å². The lowest BCUT2D eigenvalue weighted by atomic mass is 10.2. The Morgan fingerprint density at radius 3 is 1.52 bits per heavy atom. The van der Waals surface area contributed by atoms with Gasteiger partial charge in [-0.15, -0.1) is 0 Å². The number of aryl methyl sites for hydroxylation is 1. The van der Waals surface area contributed by atoms with E-state index >= 15 is 0 Å². The Labute approximate surface area is 277 Å². The third kappa shape index (κ3) is 13.0. The predicted molar refractivity (Wildman–Crippen MR) is 169 cm³/mol. The number of esters is 3. The third-order valence-electron chi connectivity index (χ3n) is 6.27. The largest absolute Gasteiger partial charge is 0.513 e. The zero-order valence-electron chi connectivity index (χ0n) is 26.6. The van der Waals surface area contributed by atoms with Gasteiger partial charge >= 0.3 is 30.2 Å². The molecular weight excluding hydrogens is 628 g/mol. The van der Waals surface area contributed by atoms with Gasteiger partial charge in [0.1, 0.15) is 23.0 Å². The smallest absolute Gasteiger partial charge is 0.463 e. The molecule has 0 fully saturated rings. The molecule has 0 radical (unpaired) electrons. The highest BCUT2D eigenvalue weighted by Crippen LogP contribution is 2.26. The van der Waals surface area contributed by atoms with Gasteiger partial charge in [0.15, 0.2) is 0 Å². The fourth-order valence-corrected chi connectivity index (χ4v) is 3.79. The minimum absolute atomic E-state index is 0.0744. The van der Waals surface area contributed by atoms with Crippen LogP contribution in [-0.2, 0) is 23.7 Å². The Kier molecular flexibility index (Phi) is 15.1. The number of rotatable bonds is 17. The van der Waals surface area contributed by atoms with Gasteiger partial charge in [-0.3, -0.25) is 0 Å². The molecular formula is C35H36O13. The molecule has 48 heavy (non-hydrogen) atoms. The van der Waals surface area contributed by atoms with Crippen LogP contribution in [0.1, 0.15) is 52.0 Å². The molecule has 3 rings (SSSR count). The molecule has 254 valence electrons. The maximum absolute atomic E-state index is 12.7. The highest BCUT2D eigenvalue weighted by Gasteiger charge is 2.15. The first-order valence-electron chi connectivity index (χ1n) is 14.9. The second-order valence-electron chi connectivity index (χ2n) is 9.93. The highest BCUT2D eigenvalue weighted by molar-refractivity contribution is 5.92. The summed E-state index contributed by atoms with van der Waals surface area (Å²) in [5, 5.41) is 0. The molecule has 0 bridgehead atoms. The Balaban J connectivity index is 1.43. The van der Waals surface area contributed by atoms with Gasteiger partial charge in [0, 0.05) is 19.8 Å². The van der Waals surface area contributed by atoms with E-state index in [1.807, 2.05) is 0 Å². The molecule has 3 aromatic carbocycles. The van der Waals surface area contributed by atoms with E-state index in [0.29, 0.717) is 31.4 Å². The molecule has 0 heterocycles. The molecule has 0 amide bonds. The average Bonchev–Trinajstić information content (AvgIpc) is 3.07. The zero-order chi connectivity index (χ0) is 34.7. The van der Waals surface area contributed by atoms with Crippen molar-refractivity contribution >= 4 is 30.2 Å². The fourth-order valence-electron chi connectivity index (χ4n) is 3.79. The van der Waals surface area contributed by atoms with Crippen LogP contribution < -0.4 is 18.9 Å². The predicted octanol–water partition coefficient (Wildman–Crippen LogP) is 6.40. The molecule has 0 atom stereocenters. The molecule has 0 aliphatic carbocycles. The summed E-state index contributed by atoms with van der Waals surface area (Å²) in [5.74, 6) is -0.999. The zero-order valence-corrected chi connectivity index (χ0v) is 26.6. The van der Waals surface area contributed by atoms with Gasteiger partial charge in [0.2, 0.25) is 0 Å². The van der Waals surface area contributed by atoms with Crippen molar-refractivity contribution in [2.45, 2.75) is 32.6 Å².